The lowest BCUT2D eigenvalue weighted by atomic mass is 10.2. The highest BCUT2D eigenvalue weighted by Crippen LogP contribution is 2.43. The Labute approximate surface area is 229 Å². The molecule has 0 radical (unpaired) electrons. The van der Waals surface area contributed by atoms with Crippen LogP contribution in [0.3, 0.4) is 0 Å². The van der Waals surface area contributed by atoms with E-state index in [1.807, 2.05) is 0 Å². The summed E-state index contributed by atoms with van der Waals surface area (Å²) in [6.07, 6.45) is 0.0748. The number of nitro benzene ring substituents is 2. The maximum absolute atomic E-state index is 12.3. The van der Waals surface area contributed by atoms with Gasteiger partial charge in [-0.25, -0.2) is 0 Å². The number of nitrogens with zero attached hydrogens (tertiary/aromatic N) is 5. The number of carbonyl (C=O) groups excluding carboxylic acids is 3. The molecule has 39 heavy (non-hydrogen) atoms. The molecule has 0 fully saturated rings. The molecule has 0 saturated carbocycles. The molecule has 0 unspecified atom stereocenters. The molecule has 16 nitrogen and oxygen atoms in total. The van der Waals surface area contributed by atoms with Crippen molar-refractivity contribution in [3.05, 3.63) is 49.0 Å². The lowest BCUT2D eigenvalue weighted by Gasteiger charge is -2.25. The molecule has 2 rings (SSSR count). The Morgan fingerprint density at radius 1 is 0.974 bits per heavy atom. The Morgan fingerprint density at radius 3 is 2.08 bits per heavy atom. The van der Waals surface area contributed by atoms with Crippen molar-refractivity contribution in [2.75, 3.05) is 44.6 Å². The van der Waals surface area contributed by atoms with Crippen LogP contribution in [0.15, 0.2) is 39.0 Å². The third kappa shape index (κ3) is 7.91. The fourth-order valence-electron chi connectivity index (χ4n) is 3.07. The van der Waals surface area contributed by atoms with Crippen molar-refractivity contribution in [2.45, 2.75) is 13.3 Å². The van der Waals surface area contributed by atoms with Crippen LogP contribution in [0.2, 0.25) is 0 Å². The molecule has 0 atom stereocenters. The number of anilines is 2. The number of benzene rings is 2. The van der Waals surface area contributed by atoms with Gasteiger partial charge < -0.3 is 24.4 Å². The Kier molecular flexibility index (Phi) is 10.8. The van der Waals surface area contributed by atoms with Gasteiger partial charge in [-0.05, 0) is 22.0 Å². The first-order chi connectivity index (χ1) is 18.4. The number of nitro groups is 2. The van der Waals surface area contributed by atoms with Crippen molar-refractivity contribution in [2.24, 2.45) is 10.2 Å². The van der Waals surface area contributed by atoms with E-state index in [9.17, 15) is 34.6 Å². The molecule has 1 amide bonds. The number of hydrogen-bond donors (Lipinski definition) is 1. The maximum Gasteiger partial charge on any atom is 0.325 e. The first-order valence-electron chi connectivity index (χ1n) is 10.9. The van der Waals surface area contributed by atoms with Crippen molar-refractivity contribution in [1.29, 1.82) is 0 Å². The molecule has 2 aromatic carbocycles. The average molecular weight is 611 g/mol. The molecule has 0 bridgehead atoms. The summed E-state index contributed by atoms with van der Waals surface area (Å²) in [4.78, 5) is 58.6. The Bertz CT molecular complexity index is 1310. The SMILES string of the molecule is CCC(=O)Nc1cc(N(CC(=O)OC)CC(=O)OC)c(OC)cc1N=Nc1c(Br)cc([N+](=O)[O-])cc1[N+](=O)[O-]. The second-order valence-corrected chi connectivity index (χ2v) is 8.32. The smallest absolute Gasteiger partial charge is 0.325 e. The van der Waals surface area contributed by atoms with Crippen LogP contribution in [0.25, 0.3) is 0 Å². The van der Waals surface area contributed by atoms with E-state index in [0.717, 1.165) is 12.1 Å². The van der Waals surface area contributed by atoms with Crippen LogP contribution in [0, 0.1) is 20.2 Å². The van der Waals surface area contributed by atoms with Crippen molar-refractivity contribution in [3.8, 4) is 5.75 Å². The summed E-state index contributed by atoms with van der Waals surface area (Å²) >= 11 is 3.05. The van der Waals surface area contributed by atoms with Gasteiger partial charge in [0, 0.05) is 18.6 Å². The number of rotatable bonds is 12. The molecule has 0 aliphatic rings. The summed E-state index contributed by atoms with van der Waals surface area (Å²) in [5.41, 5.74) is -1.33. The van der Waals surface area contributed by atoms with E-state index >= 15 is 0 Å². The van der Waals surface area contributed by atoms with Gasteiger partial charge in [0.1, 0.15) is 24.5 Å². The highest BCUT2D eigenvalue weighted by Gasteiger charge is 2.25. The monoisotopic (exact) mass is 610 g/mol. The molecule has 0 aliphatic heterocycles. The van der Waals surface area contributed by atoms with Gasteiger partial charge in [0.15, 0.2) is 5.69 Å². The fourth-order valence-corrected chi connectivity index (χ4v) is 3.59. The highest BCUT2D eigenvalue weighted by atomic mass is 79.9. The van der Waals surface area contributed by atoms with E-state index in [0.29, 0.717) is 0 Å². The standard InChI is InChI=1S/C22H23BrN6O10/c1-5-19(30)24-14-8-16(27(10-20(31)38-3)11-21(32)39-4)18(37-2)9-15(14)25-26-22-13(23)6-12(28(33)34)7-17(22)29(35)36/h6-9H,5,10-11H2,1-4H3,(H,24,30). The minimum atomic E-state index is -0.854. The zero-order valence-corrected chi connectivity index (χ0v) is 22.7. The molecular formula is C22H23BrN6O10. The minimum Gasteiger partial charge on any atom is -0.494 e. The second-order valence-electron chi connectivity index (χ2n) is 7.46. The van der Waals surface area contributed by atoms with Crippen LogP contribution in [-0.2, 0) is 23.9 Å². The molecule has 0 aliphatic carbocycles. The number of carbonyl (C=O) groups is 3. The lowest BCUT2D eigenvalue weighted by Crippen LogP contribution is -2.36. The van der Waals surface area contributed by atoms with Crippen molar-refractivity contribution >= 4 is 67.9 Å². The second kappa shape index (κ2) is 13.8. The summed E-state index contributed by atoms with van der Waals surface area (Å²) in [6, 6.07) is 4.45. The summed E-state index contributed by atoms with van der Waals surface area (Å²) < 4.78 is 14.7. The number of nitrogens with one attached hydrogen (secondary N) is 1. The first kappa shape index (κ1) is 30.6. The van der Waals surface area contributed by atoms with E-state index in [1.54, 1.807) is 6.92 Å². The van der Waals surface area contributed by atoms with Gasteiger partial charge in [0.25, 0.3) is 5.69 Å². The number of methoxy groups -OCH3 is 3. The number of amides is 1. The number of esters is 2. The molecule has 1 N–H and O–H groups in total. The van der Waals surface area contributed by atoms with Gasteiger partial charge in [-0.2, -0.15) is 0 Å². The van der Waals surface area contributed by atoms with Crippen molar-refractivity contribution in [1.82, 2.24) is 0 Å². The zero-order chi connectivity index (χ0) is 29.3. The average Bonchev–Trinajstić information content (AvgIpc) is 2.91. The topological polar surface area (TPSA) is 205 Å². The molecule has 0 saturated heterocycles. The third-order valence-corrected chi connectivity index (χ3v) is 5.63. The van der Waals surface area contributed by atoms with Gasteiger partial charge in [0.05, 0.1) is 53.1 Å². The molecule has 0 aromatic heterocycles. The van der Waals surface area contributed by atoms with E-state index in [-0.39, 0.29) is 52.5 Å². The van der Waals surface area contributed by atoms with Crippen LogP contribution >= 0.6 is 15.9 Å². The minimum absolute atomic E-state index is 0.0203. The molecule has 0 heterocycles. The third-order valence-electron chi connectivity index (χ3n) is 5.02. The van der Waals surface area contributed by atoms with E-state index < -0.39 is 39.1 Å². The van der Waals surface area contributed by atoms with Crippen LogP contribution < -0.4 is 15.0 Å². The predicted octanol–water partition coefficient (Wildman–Crippen LogP) is 4.19. The lowest BCUT2D eigenvalue weighted by molar-refractivity contribution is -0.393. The van der Waals surface area contributed by atoms with E-state index in [1.165, 1.54) is 38.4 Å². The van der Waals surface area contributed by atoms with Gasteiger partial charge in [-0.15, -0.1) is 10.2 Å². The largest absolute Gasteiger partial charge is 0.494 e. The number of hydrogen-bond acceptors (Lipinski definition) is 13. The molecule has 0 spiro atoms. The summed E-state index contributed by atoms with van der Waals surface area (Å²) in [5.74, 6) is -1.71. The summed E-state index contributed by atoms with van der Waals surface area (Å²) in [6.45, 7) is 0.830. The van der Waals surface area contributed by atoms with Crippen molar-refractivity contribution < 1.29 is 38.4 Å². The number of ether oxygens (including phenoxy) is 3. The Hall–Kier alpha value is -4.67. The number of halogens is 1. The highest BCUT2D eigenvalue weighted by molar-refractivity contribution is 9.10. The van der Waals surface area contributed by atoms with E-state index in [2.05, 4.69) is 31.5 Å². The van der Waals surface area contributed by atoms with Gasteiger partial charge in [0.2, 0.25) is 5.91 Å². The molecule has 2 aromatic rings. The van der Waals surface area contributed by atoms with Crippen LogP contribution in [0.4, 0.5) is 34.1 Å². The molecule has 208 valence electrons. The van der Waals surface area contributed by atoms with E-state index in [4.69, 9.17) is 14.2 Å². The predicted molar refractivity (Wildman–Crippen MR) is 140 cm³/mol. The van der Waals surface area contributed by atoms with Crippen LogP contribution in [0.5, 0.6) is 5.75 Å². The molecular weight excluding hydrogens is 588 g/mol. The number of non-ortho nitro benzene ring substituents is 1. The summed E-state index contributed by atoms with van der Waals surface area (Å²) in [5, 5.41) is 33.2. The van der Waals surface area contributed by atoms with Crippen LogP contribution in [-0.4, -0.2) is 62.1 Å². The summed E-state index contributed by atoms with van der Waals surface area (Å²) in [7, 11) is 3.64. The van der Waals surface area contributed by atoms with Gasteiger partial charge >= 0.3 is 17.6 Å². The first-order valence-corrected chi connectivity index (χ1v) is 11.7. The zero-order valence-electron chi connectivity index (χ0n) is 21.1. The van der Waals surface area contributed by atoms with Gasteiger partial charge in [-0.3, -0.25) is 34.6 Å². The van der Waals surface area contributed by atoms with Crippen LogP contribution in [0.1, 0.15) is 13.3 Å². The normalized spacial score (nSPS) is 10.6. The molecule has 17 heteroatoms. The fraction of sp³-hybridized carbons (Fsp3) is 0.318. The van der Waals surface area contributed by atoms with Gasteiger partial charge in [-0.1, -0.05) is 6.92 Å². The van der Waals surface area contributed by atoms with Crippen molar-refractivity contribution in [3.63, 3.8) is 0 Å². The maximum atomic E-state index is 12.3. The Balaban J connectivity index is 2.73. The quantitative estimate of drug-likeness (QED) is 0.156. The Morgan fingerprint density at radius 2 is 1.59 bits per heavy atom. The number of azo groups is 1.